The zero-order chi connectivity index (χ0) is 16.1. The molecule has 2 rings (SSSR count). The molecule has 1 fully saturated rings. The smallest absolute Gasteiger partial charge is 0.250 e. The second-order valence-electron chi connectivity index (χ2n) is 5.38. The van der Waals surface area contributed by atoms with Gasteiger partial charge in [0.15, 0.2) is 11.6 Å². The summed E-state index contributed by atoms with van der Waals surface area (Å²) >= 11 is 0. The van der Waals surface area contributed by atoms with Gasteiger partial charge in [0.25, 0.3) is 5.91 Å². The monoisotopic (exact) mass is 310 g/mol. The Bertz CT molecular complexity index is 524. The molecule has 1 aromatic rings. The molecular formula is C16H23FN2O3. The predicted octanol–water partition coefficient (Wildman–Crippen LogP) is 1.73. The second kappa shape index (κ2) is 7.56. The van der Waals surface area contributed by atoms with Crippen molar-refractivity contribution in [3.05, 3.63) is 29.6 Å². The van der Waals surface area contributed by atoms with Crippen LogP contribution in [0.4, 0.5) is 4.39 Å². The van der Waals surface area contributed by atoms with E-state index in [4.69, 9.17) is 9.47 Å². The number of carbonyl (C=O) groups excluding carboxylic acids is 1. The molecule has 1 aliphatic heterocycles. The highest BCUT2D eigenvalue weighted by atomic mass is 19.1. The molecule has 1 aliphatic rings. The number of hydrogen-bond donors (Lipinski definition) is 1. The number of nitrogens with one attached hydrogen (secondary N) is 1. The van der Waals surface area contributed by atoms with E-state index in [0.717, 1.165) is 13.1 Å². The van der Waals surface area contributed by atoms with Crippen molar-refractivity contribution in [2.24, 2.45) is 0 Å². The second-order valence-corrected chi connectivity index (χ2v) is 5.38. The number of carbonyl (C=O) groups is 1. The number of rotatable bonds is 5. The maximum Gasteiger partial charge on any atom is 0.250 e. The van der Waals surface area contributed by atoms with Crippen LogP contribution < -0.4 is 10.1 Å². The summed E-state index contributed by atoms with van der Waals surface area (Å²) in [6, 6.07) is 4.38. The maximum absolute atomic E-state index is 13.7. The Balaban J connectivity index is 1.97. The average Bonchev–Trinajstić information content (AvgIpc) is 2.54. The van der Waals surface area contributed by atoms with Gasteiger partial charge in [0.2, 0.25) is 0 Å². The van der Waals surface area contributed by atoms with Crippen LogP contribution in [0.1, 0.15) is 25.5 Å². The Morgan fingerprint density at radius 1 is 1.59 bits per heavy atom. The highest BCUT2D eigenvalue weighted by molar-refractivity contribution is 5.81. The molecule has 5 nitrogen and oxygen atoms in total. The molecule has 0 radical (unpaired) electrons. The molecule has 0 aliphatic carbocycles. The van der Waals surface area contributed by atoms with Gasteiger partial charge in [-0.25, -0.2) is 4.39 Å². The van der Waals surface area contributed by atoms with Gasteiger partial charge in [0, 0.05) is 13.1 Å². The highest BCUT2D eigenvalue weighted by Gasteiger charge is 2.27. The van der Waals surface area contributed by atoms with Crippen molar-refractivity contribution in [3.63, 3.8) is 0 Å². The summed E-state index contributed by atoms with van der Waals surface area (Å²) in [6.07, 6.45) is -0.473. The molecule has 1 amide bonds. The Morgan fingerprint density at radius 2 is 2.36 bits per heavy atom. The van der Waals surface area contributed by atoms with E-state index in [2.05, 4.69) is 17.1 Å². The van der Waals surface area contributed by atoms with Crippen LogP contribution in [0.25, 0.3) is 0 Å². The Labute approximate surface area is 130 Å². The van der Waals surface area contributed by atoms with Crippen molar-refractivity contribution in [1.82, 2.24) is 10.2 Å². The minimum atomic E-state index is -0.473. The van der Waals surface area contributed by atoms with E-state index in [1.165, 1.54) is 13.2 Å². The minimum absolute atomic E-state index is 0.165. The van der Waals surface area contributed by atoms with Crippen LogP contribution in [0.3, 0.4) is 0 Å². The van der Waals surface area contributed by atoms with Crippen molar-refractivity contribution in [3.8, 4) is 5.75 Å². The van der Waals surface area contributed by atoms with Gasteiger partial charge in [-0.3, -0.25) is 9.69 Å². The maximum atomic E-state index is 13.7. The molecule has 122 valence electrons. The van der Waals surface area contributed by atoms with Crippen molar-refractivity contribution in [1.29, 1.82) is 0 Å². The van der Waals surface area contributed by atoms with Crippen molar-refractivity contribution in [2.45, 2.75) is 26.0 Å². The van der Waals surface area contributed by atoms with Crippen LogP contribution in [0.5, 0.6) is 5.75 Å². The summed E-state index contributed by atoms with van der Waals surface area (Å²) < 4.78 is 24.1. The van der Waals surface area contributed by atoms with Gasteiger partial charge >= 0.3 is 0 Å². The molecule has 2 atom stereocenters. The molecule has 0 unspecified atom stereocenters. The third-order valence-corrected chi connectivity index (χ3v) is 3.92. The summed E-state index contributed by atoms with van der Waals surface area (Å²) in [5.41, 5.74) is 0.690. The topological polar surface area (TPSA) is 50.8 Å². The Kier molecular flexibility index (Phi) is 5.74. The van der Waals surface area contributed by atoms with Gasteiger partial charge in [0.1, 0.15) is 6.10 Å². The largest absolute Gasteiger partial charge is 0.494 e. The van der Waals surface area contributed by atoms with Crippen LogP contribution in [-0.2, 0) is 9.53 Å². The number of benzene rings is 1. The van der Waals surface area contributed by atoms with Crippen LogP contribution in [-0.4, -0.2) is 50.3 Å². The fourth-order valence-corrected chi connectivity index (χ4v) is 2.49. The van der Waals surface area contributed by atoms with E-state index in [1.807, 2.05) is 6.92 Å². The van der Waals surface area contributed by atoms with Crippen LogP contribution >= 0.6 is 0 Å². The SMILES string of the molecule is CCN1CCO[C@@H](C(=O)N[C@H](C)c2ccc(OC)c(F)c2)C1. The lowest BCUT2D eigenvalue weighted by molar-refractivity contribution is -0.139. The van der Waals surface area contributed by atoms with E-state index in [-0.39, 0.29) is 17.7 Å². The number of halogens is 1. The van der Waals surface area contributed by atoms with Gasteiger partial charge in [0.05, 0.1) is 19.8 Å². The molecule has 22 heavy (non-hydrogen) atoms. The molecule has 0 aromatic heterocycles. The first-order chi connectivity index (χ1) is 10.5. The van der Waals surface area contributed by atoms with Gasteiger partial charge in [-0.1, -0.05) is 13.0 Å². The molecule has 6 heteroatoms. The van der Waals surface area contributed by atoms with Crippen molar-refractivity contribution < 1.29 is 18.7 Å². The molecule has 0 spiro atoms. The third-order valence-electron chi connectivity index (χ3n) is 3.92. The fraction of sp³-hybridized carbons (Fsp3) is 0.562. The first-order valence-electron chi connectivity index (χ1n) is 7.53. The zero-order valence-electron chi connectivity index (χ0n) is 13.3. The predicted molar refractivity (Wildman–Crippen MR) is 81.4 cm³/mol. The average molecular weight is 310 g/mol. The molecule has 0 bridgehead atoms. The normalized spacial score (nSPS) is 20.5. The molecule has 1 aromatic carbocycles. The number of ether oxygens (including phenoxy) is 2. The van der Waals surface area contributed by atoms with E-state index in [0.29, 0.717) is 18.7 Å². The van der Waals surface area contributed by atoms with E-state index >= 15 is 0 Å². The zero-order valence-corrected chi connectivity index (χ0v) is 13.3. The van der Waals surface area contributed by atoms with Gasteiger partial charge in [-0.2, -0.15) is 0 Å². The number of morpholine rings is 1. The summed E-state index contributed by atoms with van der Waals surface area (Å²) in [4.78, 5) is 14.4. The number of hydrogen-bond acceptors (Lipinski definition) is 4. The third kappa shape index (κ3) is 3.96. The first kappa shape index (κ1) is 16.7. The number of amides is 1. The molecular weight excluding hydrogens is 287 g/mol. The lowest BCUT2D eigenvalue weighted by atomic mass is 10.1. The minimum Gasteiger partial charge on any atom is -0.494 e. The Morgan fingerprint density at radius 3 is 3.00 bits per heavy atom. The molecule has 1 heterocycles. The Hall–Kier alpha value is -1.66. The first-order valence-corrected chi connectivity index (χ1v) is 7.53. The summed E-state index contributed by atoms with van der Waals surface area (Å²) in [5, 5.41) is 2.88. The standard InChI is InChI=1S/C16H23FN2O3/c1-4-19-7-8-22-15(10-19)16(20)18-11(2)12-5-6-14(21-3)13(17)9-12/h5-6,9,11,15H,4,7-8,10H2,1-3H3,(H,18,20)/t11-,15-/m1/s1. The van der Waals surface area contributed by atoms with Crippen LogP contribution in [0, 0.1) is 5.82 Å². The number of nitrogens with zero attached hydrogens (tertiary/aromatic N) is 1. The summed E-state index contributed by atoms with van der Waals surface area (Å²) in [7, 11) is 1.42. The molecule has 0 saturated carbocycles. The van der Waals surface area contributed by atoms with E-state index in [1.54, 1.807) is 12.1 Å². The number of likely N-dealkylation sites (N-methyl/N-ethyl adjacent to an activating group) is 1. The molecule has 1 N–H and O–H groups in total. The molecule has 1 saturated heterocycles. The van der Waals surface area contributed by atoms with Gasteiger partial charge in [-0.05, 0) is 31.2 Å². The summed E-state index contributed by atoms with van der Waals surface area (Å²) in [5.74, 6) is -0.412. The van der Waals surface area contributed by atoms with Gasteiger partial charge < -0.3 is 14.8 Å². The van der Waals surface area contributed by atoms with Crippen LogP contribution in [0.2, 0.25) is 0 Å². The van der Waals surface area contributed by atoms with Crippen molar-refractivity contribution in [2.75, 3.05) is 33.4 Å². The fourth-order valence-electron chi connectivity index (χ4n) is 2.49. The summed E-state index contributed by atoms with van der Waals surface area (Å²) in [6.45, 7) is 6.76. The lowest BCUT2D eigenvalue weighted by Gasteiger charge is -2.31. The van der Waals surface area contributed by atoms with E-state index < -0.39 is 11.9 Å². The van der Waals surface area contributed by atoms with E-state index in [9.17, 15) is 9.18 Å². The lowest BCUT2D eigenvalue weighted by Crippen LogP contribution is -2.50. The number of methoxy groups -OCH3 is 1. The van der Waals surface area contributed by atoms with Gasteiger partial charge in [-0.15, -0.1) is 0 Å². The van der Waals surface area contributed by atoms with Crippen LogP contribution in [0.15, 0.2) is 18.2 Å². The highest BCUT2D eigenvalue weighted by Crippen LogP contribution is 2.22. The quantitative estimate of drug-likeness (QED) is 0.900. The van der Waals surface area contributed by atoms with Crippen molar-refractivity contribution >= 4 is 5.91 Å².